The minimum Gasteiger partial charge on any atom is -0.324 e. The van der Waals surface area contributed by atoms with Gasteiger partial charge in [0.1, 0.15) is 6.33 Å². The zero-order valence-corrected chi connectivity index (χ0v) is 12.4. The number of carbonyl (C=O) groups is 1. The van der Waals surface area contributed by atoms with Crippen molar-refractivity contribution in [2.24, 2.45) is 0 Å². The summed E-state index contributed by atoms with van der Waals surface area (Å²) in [5.74, 6) is 1.86. The van der Waals surface area contributed by atoms with Crippen molar-refractivity contribution in [3.8, 4) is 5.69 Å². The number of amides is 1. The Hall–Kier alpha value is -1.93. The summed E-state index contributed by atoms with van der Waals surface area (Å²) in [5.41, 5.74) is 2.60. The number of thioether (sulfide) groups is 1. The molecule has 7 nitrogen and oxygen atoms in total. The van der Waals surface area contributed by atoms with Crippen molar-refractivity contribution in [1.82, 2.24) is 25.5 Å². The lowest BCUT2D eigenvalue weighted by Gasteiger charge is -2.22. The second-order valence-corrected chi connectivity index (χ2v) is 5.97. The molecule has 1 aliphatic rings. The van der Waals surface area contributed by atoms with Gasteiger partial charge in [-0.15, -0.1) is 5.10 Å². The van der Waals surface area contributed by atoms with E-state index in [1.807, 2.05) is 25.1 Å². The molecule has 1 atom stereocenters. The molecular weight excluding hydrogens is 288 g/mol. The van der Waals surface area contributed by atoms with E-state index in [4.69, 9.17) is 0 Å². The lowest BCUT2D eigenvalue weighted by atomic mass is 10.1. The molecule has 2 heterocycles. The van der Waals surface area contributed by atoms with Crippen LogP contribution in [0.25, 0.3) is 5.69 Å². The molecule has 3 rings (SSSR count). The Morgan fingerprint density at radius 3 is 3.14 bits per heavy atom. The maximum atomic E-state index is 12.3. The maximum Gasteiger partial charge on any atom is 0.242 e. The standard InChI is InChI=1S/C13H16N6OS/c1-9-2-3-10(19-8-15-17-18-19)6-11(9)16-13(20)12-7-21-5-4-14-12/h2-3,6,8,12,14H,4-5,7H2,1H3,(H,16,20). The molecular formula is C13H16N6OS. The third kappa shape index (κ3) is 3.22. The Labute approximate surface area is 126 Å². The summed E-state index contributed by atoms with van der Waals surface area (Å²) in [6.07, 6.45) is 1.52. The summed E-state index contributed by atoms with van der Waals surface area (Å²) >= 11 is 1.79. The lowest BCUT2D eigenvalue weighted by Crippen LogP contribution is -2.46. The van der Waals surface area contributed by atoms with Crippen LogP contribution in [0.15, 0.2) is 24.5 Å². The Bertz CT molecular complexity index is 624. The quantitative estimate of drug-likeness (QED) is 0.864. The summed E-state index contributed by atoms with van der Waals surface area (Å²) < 4.78 is 1.56. The van der Waals surface area contributed by atoms with E-state index in [0.717, 1.165) is 35.0 Å². The first kappa shape index (κ1) is 14.0. The third-order valence-electron chi connectivity index (χ3n) is 3.33. The normalized spacial score (nSPS) is 18.4. The van der Waals surface area contributed by atoms with Crippen molar-refractivity contribution in [2.75, 3.05) is 23.4 Å². The smallest absolute Gasteiger partial charge is 0.242 e. The van der Waals surface area contributed by atoms with E-state index in [1.54, 1.807) is 16.4 Å². The molecule has 0 aliphatic carbocycles. The number of aryl methyl sites for hydroxylation is 1. The van der Waals surface area contributed by atoms with Gasteiger partial charge in [-0.1, -0.05) is 6.07 Å². The number of hydrogen-bond donors (Lipinski definition) is 2. The van der Waals surface area contributed by atoms with Crippen LogP contribution in [0, 0.1) is 6.92 Å². The SMILES string of the molecule is Cc1ccc(-n2cnnn2)cc1NC(=O)C1CSCCN1. The Morgan fingerprint density at radius 1 is 1.52 bits per heavy atom. The fourth-order valence-corrected chi connectivity index (χ4v) is 3.05. The van der Waals surface area contributed by atoms with Crippen molar-refractivity contribution >= 4 is 23.4 Å². The number of benzene rings is 1. The molecule has 0 bridgehead atoms. The molecule has 1 fully saturated rings. The van der Waals surface area contributed by atoms with Crippen LogP contribution in [0.2, 0.25) is 0 Å². The van der Waals surface area contributed by atoms with Crippen molar-refractivity contribution < 1.29 is 4.79 Å². The van der Waals surface area contributed by atoms with Crippen LogP contribution in [-0.4, -0.2) is 50.2 Å². The van der Waals surface area contributed by atoms with Gasteiger partial charge in [-0.25, -0.2) is 4.68 Å². The summed E-state index contributed by atoms with van der Waals surface area (Å²) in [6.45, 7) is 2.83. The highest BCUT2D eigenvalue weighted by Gasteiger charge is 2.21. The van der Waals surface area contributed by atoms with E-state index >= 15 is 0 Å². The number of carbonyl (C=O) groups excluding carboxylic acids is 1. The van der Waals surface area contributed by atoms with Gasteiger partial charge in [0.2, 0.25) is 5.91 Å². The minimum atomic E-state index is -0.139. The van der Waals surface area contributed by atoms with Crippen molar-refractivity contribution in [3.05, 3.63) is 30.1 Å². The van der Waals surface area contributed by atoms with E-state index in [9.17, 15) is 4.79 Å². The Kier molecular flexibility index (Phi) is 4.16. The first-order valence-electron chi connectivity index (χ1n) is 6.70. The van der Waals surface area contributed by atoms with Crippen LogP contribution >= 0.6 is 11.8 Å². The van der Waals surface area contributed by atoms with Gasteiger partial charge in [-0.2, -0.15) is 11.8 Å². The van der Waals surface area contributed by atoms with Crippen LogP contribution in [-0.2, 0) is 4.79 Å². The monoisotopic (exact) mass is 304 g/mol. The molecule has 21 heavy (non-hydrogen) atoms. The van der Waals surface area contributed by atoms with Gasteiger partial charge in [0.05, 0.1) is 11.7 Å². The van der Waals surface area contributed by atoms with Crippen LogP contribution in [0.1, 0.15) is 5.56 Å². The van der Waals surface area contributed by atoms with Crippen molar-refractivity contribution in [2.45, 2.75) is 13.0 Å². The number of aromatic nitrogens is 4. The fourth-order valence-electron chi connectivity index (χ4n) is 2.12. The van der Waals surface area contributed by atoms with Gasteiger partial charge in [0, 0.05) is 23.7 Å². The molecule has 8 heteroatoms. The van der Waals surface area contributed by atoms with E-state index in [-0.39, 0.29) is 11.9 Å². The zero-order chi connectivity index (χ0) is 14.7. The minimum absolute atomic E-state index is 0.000773. The van der Waals surface area contributed by atoms with Gasteiger partial charge in [-0.3, -0.25) is 4.79 Å². The van der Waals surface area contributed by atoms with Gasteiger partial charge in [0.25, 0.3) is 0 Å². The van der Waals surface area contributed by atoms with E-state index < -0.39 is 0 Å². The van der Waals surface area contributed by atoms with E-state index in [0.29, 0.717) is 0 Å². The molecule has 2 aromatic rings. The van der Waals surface area contributed by atoms with Crippen molar-refractivity contribution in [1.29, 1.82) is 0 Å². The molecule has 1 saturated heterocycles. The predicted octanol–water partition coefficient (Wildman–Crippen LogP) is 0.614. The second kappa shape index (κ2) is 6.23. The number of nitrogens with zero attached hydrogens (tertiary/aromatic N) is 4. The van der Waals surface area contributed by atoms with Crippen molar-refractivity contribution in [3.63, 3.8) is 0 Å². The first-order chi connectivity index (χ1) is 10.2. The highest BCUT2D eigenvalue weighted by molar-refractivity contribution is 7.99. The van der Waals surface area contributed by atoms with Gasteiger partial charge in [0.15, 0.2) is 0 Å². The first-order valence-corrected chi connectivity index (χ1v) is 7.85. The van der Waals surface area contributed by atoms with Gasteiger partial charge < -0.3 is 10.6 Å². The van der Waals surface area contributed by atoms with Crippen LogP contribution in [0.3, 0.4) is 0 Å². The number of hydrogen-bond acceptors (Lipinski definition) is 6. The highest BCUT2D eigenvalue weighted by atomic mass is 32.2. The van der Waals surface area contributed by atoms with Crippen LogP contribution in [0.5, 0.6) is 0 Å². The highest BCUT2D eigenvalue weighted by Crippen LogP contribution is 2.20. The molecule has 1 aromatic carbocycles. The lowest BCUT2D eigenvalue weighted by molar-refractivity contribution is -0.117. The third-order valence-corrected chi connectivity index (χ3v) is 4.39. The van der Waals surface area contributed by atoms with Crippen LogP contribution < -0.4 is 10.6 Å². The van der Waals surface area contributed by atoms with E-state index in [2.05, 4.69) is 26.2 Å². The summed E-state index contributed by atoms with van der Waals surface area (Å²) in [7, 11) is 0. The largest absolute Gasteiger partial charge is 0.324 e. The molecule has 1 aliphatic heterocycles. The average Bonchev–Trinajstić information content (AvgIpc) is 3.04. The Balaban J connectivity index is 1.78. The molecule has 110 valence electrons. The predicted molar refractivity (Wildman–Crippen MR) is 81.6 cm³/mol. The number of nitrogens with one attached hydrogen (secondary N) is 2. The summed E-state index contributed by atoms with van der Waals surface area (Å²) in [6, 6.07) is 5.59. The fraction of sp³-hybridized carbons (Fsp3) is 0.385. The van der Waals surface area contributed by atoms with Gasteiger partial charge in [-0.05, 0) is 35.0 Å². The topological polar surface area (TPSA) is 84.7 Å². The van der Waals surface area contributed by atoms with E-state index in [1.165, 1.54) is 6.33 Å². The molecule has 0 saturated carbocycles. The molecule has 1 unspecified atom stereocenters. The molecule has 1 amide bonds. The number of anilines is 1. The molecule has 0 radical (unpaired) electrons. The molecule has 1 aromatic heterocycles. The second-order valence-electron chi connectivity index (χ2n) is 4.82. The Morgan fingerprint density at radius 2 is 2.43 bits per heavy atom. The van der Waals surface area contributed by atoms with Gasteiger partial charge >= 0.3 is 0 Å². The number of rotatable bonds is 3. The molecule has 0 spiro atoms. The average molecular weight is 304 g/mol. The summed E-state index contributed by atoms with van der Waals surface area (Å²) in [4.78, 5) is 12.3. The van der Waals surface area contributed by atoms with Crippen LogP contribution in [0.4, 0.5) is 5.69 Å². The molecule has 2 N–H and O–H groups in total. The number of tetrazole rings is 1. The maximum absolute atomic E-state index is 12.3. The summed E-state index contributed by atoms with van der Waals surface area (Å²) in [5, 5.41) is 17.3. The zero-order valence-electron chi connectivity index (χ0n) is 11.6.